The van der Waals surface area contributed by atoms with Crippen molar-refractivity contribution in [1.82, 2.24) is 9.21 Å². The number of nitrogens with zero attached hydrogens (tertiary/aromatic N) is 2. The molecule has 118 valence electrons. The number of sulfonamides is 1. The average Bonchev–Trinajstić information content (AvgIpc) is 2.85. The van der Waals surface area contributed by atoms with E-state index in [1.807, 2.05) is 0 Å². The maximum Gasteiger partial charge on any atom is 0.245 e. The molecule has 6 heteroatoms. The van der Waals surface area contributed by atoms with E-state index < -0.39 is 10.0 Å². The van der Waals surface area contributed by atoms with Crippen molar-refractivity contribution in [3.05, 3.63) is 23.8 Å². The van der Waals surface area contributed by atoms with Gasteiger partial charge in [-0.25, -0.2) is 8.42 Å². The fourth-order valence-electron chi connectivity index (χ4n) is 3.10. The zero-order valence-electron chi connectivity index (χ0n) is 13.0. The van der Waals surface area contributed by atoms with Crippen LogP contribution in [0.1, 0.15) is 25.3 Å². The quantitative estimate of drug-likeness (QED) is 0.840. The zero-order valence-corrected chi connectivity index (χ0v) is 13.9. The molecule has 1 aliphatic heterocycles. The summed E-state index contributed by atoms with van der Waals surface area (Å²) >= 11 is 0. The zero-order chi connectivity index (χ0) is 15.6. The Hall–Kier alpha value is -1.11. The summed E-state index contributed by atoms with van der Waals surface area (Å²) in [4.78, 5) is 2.58. The maximum absolute atomic E-state index is 12.8. The Morgan fingerprint density at radius 3 is 2.76 bits per heavy atom. The molecule has 21 heavy (non-hydrogen) atoms. The summed E-state index contributed by atoms with van der Waals surface area (Å²) in [5.41, 5.74) is 6.91. The number of hydrogen-bond acceptors (Lipinski definition) is 4. The number of anilines is 1. The molecule has 0 bridgehead atoms. The second kappa shape index (κ2) is 6.34. The lowest BCUT2D eigenvalue weighted by Gasteiger charge is -2.28. The minimum absolute atomic E-state index is 0.244. The fourth-order valence-corrected chi connectivity index (χ4v) is 4.62. The highest BCUT2D eigenvalue weighted by molar-refractivity contribution is 7.89. The van der Waals surface area contributed by atoms with Crippen molar-refractivity contribution < 1.29 is 8.42 Å². The Bertz CT molecular complexity index is 581. The molecule has 0 aromatic heterocycles. The standard InChI is InChI=1S/C15H25N3O2S/c1-4-18-10-6-8-13(18)11-17(3)21(19,20)15-12(2)7-5-9-14(15)16/h5,7,9,13H,4,6,8,10-11,16H2,1-3H3. The van der Waals surface area contributed by atoms with Crippen LogP contribution in [-0.4, -0.2) is 50.3 Å². The van der Waals surface area contributed by atoms with E-state index in [1.165, 1.54) is 4.31 Å². The van der Waals surface area contributed by atoms with Crippen LogP contribution in [0.25, 0.3) is 0 Å². The average molecular weight is 311 g/mol. The predicted octanol–water partition coefficient (Wildman–Crippen LogP) is 1.68. The first-order valence-electron chi connectivity index (χ1n) is 7.43. The number of nitrogens with two attached hydrogens (primary N) is 1. The van der Waals surface area contributed by atoms with Gasteiger partial charge in [0.2, 0.25) is 10.0 Å². The molecular weight excluding hydrogens is 286 g/mol. The predicted molar refractivity (Wildman–Crippen MR) is 85.7 cm³/mol. The Labute approximate surface area is 127 Å². The number of hydrogen-bond donors (Lipinski definition) is 1. The Morgan fingerprint density at radius 1 is 1.43 bits per heavy atom. The molecule has 5 nitrogen and oxygen atoms in total. The van der Waals surface area contributed by atoms with Gasteiger partial charge in [-0.05, 0) is 44.5 Å². The van der Waals surface area contributed by atoms with E-state index in [-0.39, 0.29) is 4.90 Å². The molecule has 0 amide bonds. The maximum atomic E-state index is 12.8. The van der Waals surface area contributed by atoms with Crippen LogP contribution in [-0.2, 0) is 10.0 Å². The third kappa shape index (κ3) is 3.22. The van der Waals surface area contributed by atoms with Gasteiger partial charge < -0.3 is 5.73 Å². The summed E-state index contributed by atoms with van der Waals surface area (Å²) in [6.07, 6.45) is 2.19. The van der Waals surface area contributed by atoms with Gasteiger partial charge in [-0.1, -0.05) is 19.1 Å². The van der Waals surface area contributed by atoms with Gasteiger partial charge in [0.1, 0.15) is 4.90 Å². The molecule has 0 saturated carbocycles. The summed E-state index contributed by atoms with van der Waals surface area (Å²) in [5.74, 6) is 0. The molecule has 1 aliphatic rings. The molecule has 1 atom stereocenters. The number of rotatable bonds is 5. The largest absolute Gasteiger partial charge is 0.398 e. The highest BCUT2D eigenvalue weighted by Gasteiger charge is 2.30. The van der Waals surface area contributed by atoms with Crippen molar-refractivity contribution >= 4 is 15.7 Å². The summed E-state index contributed by atoms with van der Waals surface area (Å²) in [6, 6.07) is 5.51. The van der Waals surface area contributed by atoms with Crippen LogP contribution in [0.4, 0.5) is 5.69 Å². The minimum atomic E-state index is -3.54. The highest BCUT2D eigenvalue weighted by atomic mass is 32.2. The molecule has 1 unspecified atom stereocenters. The lowest BCUT2D eigenvalue weighted by molar-refractivity contribution is 0.237. The minimum Gasteiger partial charge on any atom is -0.398 e. The van der Waals surface area contributed by atoms with Crippen LogP contribution in [0.5, 0.6) is 0 Å². The van der Waals surface area contributed by atoms with E-state index in [2.05, 4.69) is 11.8 Å². The van der Waals surface area contributed by atoms with Crippen molar-refractivity contribution in [3.8, 4) is 0 Å². The van der Waals surface area contributed by atoms with Gasteiger partial charge in [-0.3, -0.25) is 4.90 Å². The van der Waals surface area contributed by atoms with Crippen molar-refractivity contribution in [2.45, 2.75) is 37.6 Å². The van der Waals surface area contributed by atoms with Crippen LogP contribution in [0, 0.1) is 6.92 Å². The smallest absolute Gasteiger partial charge is 0.245 e. The molecule has 1 saturated heterocycles. The molecule has 2 rings (SSSR count). The van der Waals surface area contributed by atoms with Gasteiger partial charge in [-0.15, -0.1) is 0 Å². The van der Waals surface area contributed by atoms with Crippen molar-refractivity contribution in [3.63, 3.8) is 0 Å². The number of likely N-dealkylation sites (N-methyl/N-ethyl adjacent to an activating group) is 2. The van der Waals surface area contributed by atoms with E-state index in [0.29, 0.717) is 23.8 Å². The monoisotopic (exact) mass is 311 g/mol. The second-order valence-electron chi connectivity index (χ2n) is 5.70. The normalized spacial score (nSPS) is 20.3. The van der Waals surface area contributed by atoms with E-state index in [9.17, 15) is 8.42 Å². The molecule has 1 aromatic rings. The molecule has 1 heterocycles. The molecule has 0 spiro atoms. The van der Waals surface area contributed by atoms with E-state index in [4.69, 9.17) is 5.73 Å². The number of likely N-dealkylation sites (tertiary alicyclic amines) is 1. The Kier molecular flexibility index (Phi) is 4.91. The molecule has 0 aliphatic carbocycles. The van der Waals surface area contributed by atoms with Gasteiger partial charge in [0.15, 0.2) is 0 Å². The van der Waals surface area contributed by atoms with Crippen molar-refractivity contribution in [2.24, 2.45) is 0 Å². The SMILES string of the molecule is CCN1CCCC1CN(C)S(=O)(=O)c1c(C)cccc1N. The Morgan fingerprint density at radius 2 is 2.14 bits per heavy atom. The van der Waals surface area contributed by atoms with Crippen molar-refractivity contribution in [2.75, 3.05) is 32.4 Å². The van der Waals surface area contributed by atoms with Crippen molar-refractivity contribution in [1.29, 1.82) is 0 Å². The fraction of sp³-hybridized carbons (Fsp3) is 0.600. The number of nitrogen functional groups attached to an aromatic ring is 1. The first kappa shape index (κ1) is 16.3. The van der Waals surface area contributed by atoms with Gasteiger partial charge in [0.05, 0.1) is 5.69 Å². The van der Waals surface area contributed by atoms with Gasteiger partial charge in [0.25, 0.3) is 0 Å². The van der Waals surface area contributed by atoms with Gasteiger partial charge >= 0.3 is 0 Å². The van der Waals surface area contributed by atoms with Crippen LogP contribution < -0.4 is 5.73 Å². The van der Waals surface area contributed by atoms with E-state index in [1.54, 1.807) is 32.2 Å². The molecule has 1 fully saturated rings. The molecular formula is C15H25N3O2S. The van der Waals surface area contributed by atoms with E-state index in [0.717, 1.165) is 25.9 Å². The molecule has 1 aromatic carbocycles. The number of benzene rings is 1. The van der Waals surface area contributed by atoms with E-state index >= 15 is 0 Å². The van der Waals surface area contributed by atoms with Gasteiger partial charge in [0, 0.05) is 19.6 Å². The van der Waals surface area contributed by atoms with Crippen LogP contribution >= 0.6 is 0 Å². The first-order chi connectivity index (χ1) is 9.87. The number of aryl methyl sites for hydroxylation is 1. The molecule has 2 N–H and O–H groups in total. The second-order valence-corrected chi connectivity index (χ2v) is 7.69. The molecule has 0 radical (unpaired) electrons. The van der Waals surface area contributed by atoms with Crippen LogP contribution in [0.3, 0.4) is 0 Å². The lowest BCUT2D eigenvalue weighted by atomic mass is 10.2. The van der Waals surface area contributed by atoms with Gasteiger partial charge in [-0.2, -0.15) is 4.31 Å². The highest BCUT2D eigenvalue weighted by Crippen LogP contribution is 2.26. The summed E-state index contributed by atoms with van der Waals surface area (Å²) in [6.45, 7) is 6.44. The first-order valence-corrected chi connectivity index (χ1v) is 8.87. The third-order valence-electron chi connectivity index (χ3n) is 4.28. The van der Waals surface area contributed by atoms with Crippen LogP contribution in [0.15, 0.2) is 23.1 Å². The summed E-state index contributed by atoms with van der Waals surface area (Å²) in [5, 5.41) is 0. The van der Waals surface area contributed by atoms with Crippen LogP contribution in [0.2, 0.25) is 0 Å². The lowest BCUT2D eigenvalue weighted by Crippen LogP contribution is -2.41. The third-order valence-corrected chi connectivity index (χ3v) is 6.33. The topological polar surface area (TPSA) is 66.6 Å². The Balaban J connectivity index is 2.23. The summed E-state index contributed by atoms with van der Waals surface area (Å²) < 4.78 is 27.0. The summed E-state index contributed by atoms with van der Waals surface area (Å²) in [7, 11) is -1.89.